The molecule has 1 aromatic heterocycles. The quantitative estimate of drug-likeness (QED) is 0.174. The van der Waals surface area contributed by atoms with Gasteiger partial charge < -0.3 is 14.0 Å². The maximum absolute atomic E-state index is 12.9. The Morgan fingerprint density at radius 2 is 1.58 bits per heavy atom. The van der Waals surface area contributed by atoms with Crippen LogP contribution in [0.3, 0.4) is 0 Å². The number of ether oxygens (including phenoxy) is 2. The number of carbonyl (C=O) groups excluding carboxylic acids is 4. The molecule has 0 spiro atoms. The van der Waals surface area contributed by atoms with E-state index in [9.17, 15) is 19.2 Å². The fraction of sp³-hybridized carbons (Fsp3) is 0.357. The summed E-state index contributed by atoms with van der Waals surface area (Å²) in [7, 11) is 1.65. The van der Waals surface area contributed by atoms with Crippen molar-refractivity contribution in [1.29, 1.82) is 0 Å². The van der Waals surface area contributed by atoms with E-state index in [0.29, 0.717) is 28.7 Å². The molecule has 0 unspecified atom stereocenters. The summed E-state index contributed by atoms with van der Waals surface area (Å²) in [4.78, 5) is 52.0. The number of Topliss-reactive ketones (excluding diaryl/α,β-unsaturated/α-hetero) is 1. The van der Waals surface area contributed by atoms with Crippen LogP contribution in [0.5, 0.6) is 0 Å². The van der Waals surface area contributed by atoms with Gasteiger partial charge in [-0.1, -0.05) is 24.3 Å². The average molecular weight is 491 g/mol. The van der Waals surface area contributed by atoms with Gasteiger partial charge in [0, 0.05) is 66.7 Å². The molecule has 36 heavy (non-hydrogen) atoms. The van der Waals surface area contributed by atoms with Crippen molar-refractivity contribution in [3.63, 3.8) is 0 Å². The maximum Gasteiger partial charge on any atom is 0.306 e. The Morgan fingerprint density at radius 3 is 2.22 bits per heavy atom. The summed E-state index contributed by atoms with van der Waals surface area (Å²) in [5, 5.41) is 1.51. The van der Waals surface area contributed by atoms with Gasteiger partial charge in [0.2, 0.25) is 5.78 Å². The van der Waals surface area contributed by atoms with Gasteiger partial charge in [-0.05, 0) is 50.3 Å². The van der Waals surface area contributed by atoms with Crippen molar-refractivity contribution >= 4 is 34.3 Å². The Kier molecular flexibility index (Phi) is 7.64. The lowest BCUT2D eigenvalue weighted by Crippen LogP contribution is -2.41. The van der Waals surface area contributed by atoms with Crippen LogP contribution in [0.25, 0.3) is 10.8 Å². The van der Waals surface area contributed by atoms with Gasteiger partial charge in [-0.3, -0.25) is 24.1 Å². The second kappa shape index (κ2) is 10.9. The molecule has 2 aromatic carbocycles. The molecule has 2 amide bonds. The second-order valence-corrected chi connectivity index (χ2v) is 8.94. The molecule has 2 heterocycles. The molecule has 1 aliphatic rings. The van der Waals surface area contributed by atoms with E-state index >= 15 is 0 Å². The third-order valence-corrected chi connectivity index (χ3v) is 6.59. The van der Waals surface area contributed by atoms with Crippen LogP contribution in [0.2, 0.25) is 0 Å². The van der Waals surface area contributed by atoms with Gasteiger partial charge in [0.25, 0.3) is 11.8 Å². The highest BCUT2D eigenvalue weighted by molar-refractivity contribution is 6.25. The van der Waals surface area contributed by atoms with Gasteiger partial charge in [-0.2, -0.15) is 0 Å². The molecule has 0 N–H and O–H groups in total. The first kappa shape index (κ1) is 25.3. The minimum atomic E-state index is -0.545. The van der Waals surface area contributed by atoms with Crippen molar-refractivity contribution in [3.8, 4) is 0 Å². The smallest absolute Gasteiger partial charge is 0.306 e. The topological polar surface area (TPSA) is 94.9 Å². The molecule has 1 aliphatic heterocycles. The Morgan fingerprint density at radius 1 is 0.917 bits per heavy atom. The number of aromatic nitrogens is 1. The summed E-state index contributed by atoms with van der Waals surface area (Å²) in [5.74, 6) is -1.54. The van der Waals surface area contributed by atoms with Crippen LogP contribution in [0.1, 0.15) is 61.7 Å². The number of hydrogen-bond acceptors (Lipinski definition) is 6. The van der Waals surface area contributed by atoms with E-state index in [-0.39, 0.29) is 43.6 Å². The van der Waals surface area contributed by atoms with Crippen molar-refractivity contribution < 1.29 is 28.7 Å². The number of benzene rings is 2. The zero-order chi connectivity index (χ0) is 25.8. The van der Waals surface area contributed by atoms with E-state index in [1.807, 2.05) is 32.0 Å². The van der Waals surface area contributed by atoms with Gasteiger partial charge in [0.1, 0.15) is 0 Å². The highest BCUT2D eigenvalue weighted by atomic mass is 16.5. The van der Waals surface area contributed by atoms with Crippen molar-refractivity contribution in [3.05, 3.63) is 70.5 Å². The average Bonchev–Trinajstić information content (AvgIpc) is 3.16. The van der Waals surface area contributed by atoms with E-state index in [2.05, 4.69) is 4.57 Å². The van der Waals surface area contributed by atoms with Crippen molar-refractivity contribution in [2.24, 2.45) is 0 Å². The molecule has 0 atom stereocenters. The number of amides is 2. The number of rotatable bonds is 11. The number of aryl methyl sites for hydroxylation is 1. The highest BCUT2D eigenvalue weighted by Gasteiger charge is 2.32. The van der Waals surface area contributed by atoms with Crippen LogP contribution in [0, 0.1) is 13.8 Å². The van der Waals surface area contributed by atoms with Crippen LogP contribution in [-0.4, -0.2) is 59.9 Å². The van der Waals surface area contributed by atoms with Gasteiger partial charge in [-0.25, -0.2) is 0 Å². The molecule has 0 fully saturated rings. The number of nitrogens with zero attached hydrogens (tertiary/aromatic N) is 2. The zero-order valence-electron chi connectivity index (χ0n) is 20.8. The predicted molar refractivity (Wildman–Crippen MR) is 134 cm³/mol. The van der Waals surface area contributed by atoms with Crippen molar-refractivity contribution in [2.75, 3.05) is 26.9 Å². The third kappa shape index (κ3) is 4.95. The molecular formula is C28H30N2O6. The van der Waals surface area contributed by atoms with Crippen LogP contribution >= 0.6 is 0 Å². The molecule has 8 heteroatoms. The highest BCUT2D eigenvalue weighted by Crippen LogP contribution is 2.30. The Labute approximate surface area is 209 Å². The lowest BCUT2D eigenvalue weighted by molar-refractivity contribution is -0.142. The number of hydrogen-bond donors (Lipinski definition) is 0. The van der Waals surface area contributed by atoms with E-state index in [4.69, 9.17) is 9.47 Å². The molecule has 8 nitrogen and oxygen atoms in total. The minimum absolute atomic E-state index is 0.00771. The Balaban J connectivity index is 1.30. The fourth-order valence-electron chi connectivity index (χ4n) is 4.76. The molecule has 0 saturated carbocycles. The first-order valence-electron chi connectivity index (χ1n) is 12.1. The van der Waals surface area contributed by atoms with Gasteiger partial charge in [-0.15, -0.1) is 0 Å². The summed E-state index contributed by atoms with van der Waals surface area (Å²) in [6.07, 6.45) is 1.07. The van der Waals surface area contributed by atoms with Crippen LogP contribution in [-0.2, 0) is 20.8 Å². The first-order chi connectivity index (χ1) is 17.3. The molecule has 188 valence electrons. The summed E-state index contributed by atoms with van der Waals surface area (Å²) >= 11 is 0. The first-order valence-corrected chi connectivity index (χ1v) is 12.1. The fourth-order valence-corrected chi connectivity index (χ4v) is 4.76. The SMILES string of the molecule is COCCCn1c(C)cc(C(=O)COC(=O)CCCN2C(=O)c3cccc4cccc(c34)C2=O)c1C. The monoisotopic (exact) mass is 490 g/mol. The van der Waals surface area contributed by atoms with Crippen molar-refractivity contribution in [1.82, 2.24) is 9.47 Å². The lowest BCUT2D eigenvalue weighted by Gasteiger charge is -2.27. The van der Waals surface area contributed by atoms with Gasteiger partial charge in [0.05, 0.1) is 0 Å². The van der Waals surface area contributed by atoms with Crippen LogP contribution in [0.15, 0.2) is 42.5 Å². The molecule has 4 rings (SSSR count). The van der Waals surface area contributed by atoms with E-state index in [1.54, 1.807) is 31.4 Å². The lowest BCUT2D eigenvalue weighted by atomic mass is 9.94. The summed E-state index contributed by atoms with van der Waals surface area (Å²) < 4.78 is 12.4. The summed E-state index contributed by atoms with van der Waals surface area (Å²) in [6, 6.07) is 12.6. The van der Waals surface area contributed by atoms with Gasteiger partial charge >= 0.3 is 5.97 Å². The summed E-state index contributed by atoms with van der Waals surface area (Å²) in [6.45, 7) is 4.93. The molecule has 3 aromatic rings. The number of imide groups is 1. The maximum atomic E-state index is 12.9. The predicted octanol–water partition coefficient (Wildman–Crippen LogP) is 4.10. The number of ketones is 1. The van der Waals surface area contributed by atoms with Crippen molar-refractivity contribution in [2.45, 2.75) is 39.7 Å². The Hall–Kier alpha value is -3.78. The second-order valence-electron chi connectivity index (χ2n) is 8.94. The molecule has 0 saturated heterocycles. The Bertz CT molecular complexity index is 1290. The van der Waals surface area contributed by atoms with E-state index in [1.165, 1.54) is 4.90 Å². The molecular weight excluding hydrogens is 460 g/mol. The number of esters is 1. The summed E-state index contributed by atoms with van der Waals surface area (Å²) in [5.41, 5.74) is 3.30. The van der Waals surface area contributed by atoms with Crippen LogP contribution < -0.4 is 0 Å². The van der Waals surface area contributed by atoms with E-state index in [0.717, 1.165) is 29.7 Å². The standard InChI is InChI=1S/C28H30N2O6/c1-18-16-23(19(2)29(18)14-7-15-35-3)24(31)17-36-25(32)12-6-13-30-27(33)21-10-4-8-20-9-5-11-22(26(20)21)28(30)34/h4-5,8-11,16H,6-7,12-15,17H2,1-3H3. The minimum Gasteiger partial charge on any atom is -0.457 e. The molecule has 0 aliphatic carbocycles. The molecule has 0 radical (unpaired) electrons. The number of methoxy groups -OCH3 is 1. The number of carbonyl (C=O) groups is 4. The van der Waals surface area contributed by atoms with Gasteiger partial charge in [0.15, 0.2) is 6.61 Å². The van der Waals surface area contributed by atoms with Crippen LogP contribution in [0.4, 0.5) is 0 Å². The molecule has 0 bridgehead atoms. The zero-order valence-corrected chi connectivity index (χ0v) is 20.8. The largest absolute Gasteiger partial charge is 0.457 e. The normalized spacial score (nSPS) is 12.9. The van der Waals surface area contributed by atoms with E-state index < -0.39 is 5.97 Å². The third-order valence-electron chi connectivity index (χ3n) is 6.59.